The van der Waals surface area contributed by atoms with Crippen LogP contribution in [0.5, 0.6) is 0 Å². The zero-order chi connectivity index (χ0) is 13.0. The average Bonchev–Trinajstić information content (AvgIpc) is 2.81. The highest BCUT2D eigenvalue weighted by molar-refractivity contribution is 5.16. The van der Waals surface area contributed by atoms with E-state index in [0.717, 1.165) is 18.8 Å². The summed E-state index contributed by atoms with van der Waals surface area (Å²) in [5.74, 6) is 1.13. The molecule has 1 aliphatic heterocycles. The molecule has 1 aliphatic rings. The van der Waals surface area contributed by atoms with Crippen molar-refractivity contribution in [2.45, 2.75) is 46.2 Å². The maximum atomic E-state index is 5.62. The number of hydrogen-bond acceptors (Lipinski definition) is 3. The molecule has 0 unspecified atom stereocenters. The second-order valence-corrected chi connectivity index (χ2v) is 5.84. The predicted octanol–water partition coefficient (Wildman–Crippen LogP) is 3.01. The first-order valence-corrected chi connectivity index (χ1v) is 7.09. The number of rotatable bonds is 5. The van der Waals surface area contributed by atoms with Crippen molar-refractivity contribution < 1.29 is 4.42 Å². The molecule has 0 aliphatic carbocycles. The van der Waals surface area contributed by atoms with Gasteiger partial charge in [0, 0.05) is 12.1 Å². The zero-order valence-corrected chi connectivity index (χ0v) is 12.0. The van der Waals surface area contributed by atoms with Gasteiger partial charge < -0.3 is 9.73 Å². The summed E-state index contributed by atoms with van der Waals surface area (Å²) in [5, 5.41) is 3.19. The molecule has 0 bridgehead atoms. The molecule has 3 nitrogen and oxygen atoms in total. The molecule has 1 aromatic rings. The lowest BCUT2D eigenvalue weighted by molar-refractivity contribution is 0.104. The van der Waals surface area contributed by atoms with Crippen molar-refractivity contribution in [3.63, 3.8) is 0 Å². The van der Waals surface area contributed by atoms with E-state index in [9.17, 15) is 0 Å². The molecule has 0 radical (unpaired) electrons. The van der Waals surface area contributed by atoms with E-state index in [2.05, 4.69) is 30.1 Å². The van der Waals surface area contributed by atoms with Gasteiger partial charge in [-0.25, -0.2) is 0 Å². The third-order valence-corrected chi connectivity index (χ3v) is 4.49. The first-order chi connectivity index (χ1) is 8.67. The van der Waals surface area contributed by atoms with Crippen molar-refractivity contribution in [3.8, 4) is 0 Å². The number of hydrogen-bond donors (Lipinski definition) is 1. The van der Waals surface area contributed by atoms with Crippen molar-refractivity contribution in [1.82, 2.24) is 10.2 Å². The van der Waals surface area contributed by atoms with Gasteiger partial charge in [0.2, 0.25) is 0 Å². The van der Waals surface area contributed by atoms with Gasteiger partial charge >= 0.3 is 0 Å². The van der Waals surface area contributed by atoms with Crippen LogP contribution in [-0.4, -0.2) is 25.0 Å². The normalized spacial score (nSPS) is 20.2. The van der Waals surface area contributed by atoms with E-state index in [4.69, 9.17) is 4.42 Å². The molecule has 0 saturated carbocycles. The smallest absolute Gasteiger partial charge is 0.122 e. The minimum absolute atomic E-state index is 0.563. The number of nitrogens with one attached hydrogen (secondary N) is 1. The third-order valence-electron chi connectivity index (χ3n) is 4.49. The van der Waals surface area contributed by atoms with Crippen LogP contribution in [0.25, 0.3) is 0 Å². The summed E-state index contributed by atoms with van der Waals surface area (Å²) in [7, 11) is 1.98. The maximum Gasteiger partial charge on any atom is 0.122 e. The largest absolute Gasteiger partial charge is 0.468 e. The minimum atomic E-state index is 0.563. The number of nitrogens with zero attached hydrogens (tertiary/aromatic N) is 1. The molecule has 0 atom stereocenters. The molecule has 18 heavy (non-hydrogen) atoms. The van der Waals surface area contributed by atoms with Crippen LogP contribution in [0.3, 0.4) is 0 Å². The molecular formula is C15H26N2O. The van der Waals surface area contributed by atoms with Crippen LogP contribution < -0.4 is 5.32 Å². The van der Waals surface area contributed by atoms with Crippen LogP contribution in [-0.2, 0) is 13.1 Å². The summed E-state index contributed by atoms with van der Waals surface area (Å²) in [6.07, 6.45) is 5.73. The summed E-state index contributed by atoms with van der Waals surface area (Å²) in [6, 6.07) is 2.08. The van der Waals surface area contributed by atoms with E-state index in [1.807, 2.05) is 13.3 Å². The van der Waals surface area contributed by atoms with Crippen LogP contribution >= 0.6 is 0 Å². The Labute approximate surface area is 111 Å². The molecule has 3 heteroatoms. The Morgan fingerprint density at radius 3 is 2.72 bits per heavy atom. The Hall–Kier alpha value is -0.800. The molecular weight excluding hydrogens is 224 g/mol. The third kappa shape index (κ3) is 3.15. The van der Waals surface area contributed by atoms with Gasteiger partial charge in [0.15, 0.2) is 0 Å². The monoisotopic (exact) mass is 250 g/mol. The summed E-state index contributed by atoms with van der Waals surface area (Å²) in [4.78, 5) is 2.52. The summed E-state index contributed by atoms with van der Waals surface area (Å²) < 4.78 is 5.62. The second-order valence-electron chi connectivity index (χ2n) is 5.84. The lowest BCUT2D eigenvalue weighted by Crippen LogP contribution is -2.38. The van der Waals surface area contributed by atoms with Crippen LogP contribution in [0, 0.1) is 5.41 Å². The Kier molecular flexibility index (Phi) is 4.46. The highest BCUT2D eigenvalue weighted by Gasteiger charge is 2.28. The van der Waals surface area contributed by atoms with E-state index in [1.165, 1.54) is 37.9 Å². The molecule has 2 heterocycles. The van der Waals surface area contributed by atoms with Gasteiger partial charge in [-0.15, -0.1) is 0 Å². The lowest BCUT2D eigenvalue weighted by atomic mass is 9.78. The SMILES string of the molecule is CCC1(C)CCN(Cc2occc2CNC)CC1. The molecule has 2 rings (SSSR count). The fourth-order valence-electron chi connectivity index (χ4n) is 2.66. The Morgan fingerprint density at radius 2 is 2.11 bits per heavy atom. The summed E-state index contributed by atoms with van der Waals surface area (Å²) >= 11 is 0. The first kappa shape index (κ1) is 13.6. The molecule has 1 N–H and O–H groups in total. The average molecular weight is 250 g/mol. The first-order valence-electron chi connectivity index (χ1n) is 7.09. The lowest BCUT2D eigenvalue weighted by Gasteiger charge is -2.38. The molecule has 0 amide bonds. The van der Waals surface area contributed by atoms with Crippen molar-refractivity contribution in [2.75, 3.05) is 20.1 Å². The van der Waals surface area contributed by atoms with E-state index < -0.39 is 0 Å². The van der Waals surface area contributed by atoms with Crippen LogP contribution in [0.4, 0.5) is 0 Å². The topological polar surface area (TPSA) is 28.4 Å². The van der Waals surface area contributed by atoms with Gasteiger partial charge in [-0.3, -0.25) is 4.90 Å². The summed E-state index contributed by atoms with van der Waals surface area (Å²) in [5.41, 5.74) is 1.86. The van der Waals surface area contributed by atoms with E-state index >= 15 is 0 Å². The molecule has 1 aromatic heterocycles. The Bertz CT molecular complexity index is 364. The van der Waals surface area contributed by atoms with E-state index in [1.54, 1.807) is 0 Å². The van der Waals surface area contributed by atoms with E-state index in [-0.39, 0.29) is 0 Å². The predicted molar refractivity (Wildman–Crippen MR) is 74.4 cm³/mol. The maximum absolute atomic E-state index is 5.62. The number of furan rings is 1. The van der Waals surface area contributed by atoms with Crippen LogP contribution in [0.15, 0.2) is 16.7 Å². The minimum Gasteiger partial charge on any atom is -0.468 e. The van der Waals surface area contributed by atoms with Crippen molar-refractivity contribution in [3.05, 3.63) is 23.7 Å². The molecule has 0 spiro atoms. The van der Waals surface area contributed by atoms with E-state index in [0.29, 0.717) is 5.41 Å². The summed E-state index contributed by atoms with van der Waals surface area (Å²) in [6.45, 7) is 8.99. The molecule has 1 saturated heterocycles. The molecule has 0 aromatic carbocycles. The second kappa shape index (κ2) is 5.89. The van der Waals surface area contributed by atoms with Crippen LogP contribution in [0.1, 0.15) is 44.4 Å². The number of piperidine rings is 1. The van der Waals surface area contributed by atoms with Crippen molar-refractivity contribution in [2.24, 2.45) is 5.41 Å². The van der Waals surface area contributed by atoms with Gasteiger partial charge in [0.1, 0.15) is 5.76 Å². The fourth-order valence-corrected chi connectivity index (χ4v) is 2.66. The van der Waals surface area contributed by atoms with Gasteiger partial charge in [-0.2, -0.15) is 0 Å². The fraction of sp³-hybridized carbons (Fsp3) is 0.733. The molecule has 102 valence electrons. The molecule has 1 fully saturated rings. The van der Waals surface area contributed by atoms with Crippen LogP contribution in [0.2, 0.25) is 0 Å². The number of likely N-dealkylation sites (tertiary alicyclic amines) is 1. The van der Waals surface area contributed by atoms with Gasteiger partial charge in [0.05, 0.1) is 12.8 Å². The standard InChI is InChI=1S/C15H26N2O/c1-4-15(2)6-8-17(9-7-15)12-14-13(11-16-3)5-10-18-14/h5,10,16H,4,6-9,11-12H2,1-3H3. The highest BCUT2D eigenvalue weighted by Crippen LogP contribution is 2.34. The Balaban J connectivity index is 1.89. The van der Waals surface area contributed by atoms with Gasteiger partial charge in [-0.1, -0.05) is 20.3 Å². The van der Waals surface area contributed by atoms with Crippen molar-refractivity contribution >= 4 is 0 Å². The highest BCUT2D eigenvalue weighted by atomic mass is 16.3. The zero-order valence-electron chi connectivity index (χ0n) is 12.0. The van der Waals surface area contributed by atoms with Crippen molar-refractivity contribution in [1.29, 1.82) is 0 Å². The Morgan fingerprint density at radius 1 is 1.39 bits per heavy atom. The quantitative estimate of drug-likeness (QED) is 0.871. The van der Waals surface area contributed by atoms with Gasteiger partial charge in [0.25, 0.3) is 0 Å². The van der Waals surface area contributed by atoms with Gasteiger partial charge in [-0.05, 0) is 44.5 Å².